The number of rotatable bonds is 6. The smallest absolute Gasteiger partial charge is 0.339 e. The van der Waals surface area contributed by atoms with Crippen LogP contribution in [0.4, 0.5) is 5.69 Å². The number of anilines is 1. The average Bonchev–Trinajstić information content (AvgIpc) is 3.31. The van der Waals surface area contributed by atoms with Crippen molar-refractivity contribution in [2.24, 2.45) is 0 Å². The molecule has 0 atom stereocenters. The minimum absolute atomic E-state index is 0.0529. The van der Waals surface area contributed by atoms with E-state index in [9.17, 15) is 14.7 Å². The van der Waals surface area contributed by atoms with E-state index in [1.54, 1.807) is 5.38 Å². The number of carbonyl (C=O) groups is 2. The Kier molecular flexibility index (Phi) is 4.90. The Morgan fingerprint density at radius 2 is 1.82 bits per heavy atom. The maximum atomic E-state index is 12.3. The normalized spacial score (nSPS) is 10.9. The number of carboxylic acids is 1. The van der Waals surface area contributed by atoms with Gasteiger partial charge in [-0.2, -0.15) is 0 Å². The van der Waals surface area contributed by atoms with E-state index in [4.69, 9.17) is 0 Å². The molecule has 2 aromatic carbocycles. The van der Waals surface area contributed by atoms with Crippen molar-refractivity contribution in [2.75, 3.05) is 5.32 Å². The Morgan fingerprint density at radius 1 is 1.07 bits per heavy atom. The van der Waals surface area contributed by atoms with Gasteiger partial charge in [-0.05, 0) is 24.1 Å². The van der Waals surface area contributed by atoms with Crippen LogP contribution in [0.1, 0.15) is 22.3 Å². The van der Waals surface area contributed by atoms with E-state index in [2.05, 4.69) is 15.3 Å². The molecule has 0 fully saturated rings. The molecule has 0 aliphatic heterocycles. The van der Waals surface area contributed by atoms with Crippen LogP contribution in [-0.4, -0.2) is 27.0 Å². The number of para-hydroxylation sites is 2. The van der Waals surface area contributed by atoms with Crippen LogP contribution in [0, 0.1) is 0 Å². The number of imidazole rings is 1. The molecule has 4 rings (SSSR count). The summed E-state index contributed by atoms with van der Waals surface area (Å²) in [5.74, 6) is -0.844. The summed E-state index contributed by atoms with van der Waals surface area (Å²) in [6.07, 6.45) is 0.870. The highest BCUT2D eigenvalue weighted by molar-refractivity contribution is 7.14. The molecule has 140 valence electrons. The van der Waals surface area contributed by atoms with E-state index in [0.717, 1.165) is 16.6 Å². The third kappa shape index (κ3) is 3.65. The lowest BCUT2D eigenvalue weighted by atomic mass is 10.1. The number of nitrogens with one attached hydrogen (secondary N) is 2. The second-order valence-electron chi connectivity index (χ2n) is 6.29. The number of hydrogen-bond donors (Lipinski definition) is 3. The fourth-order valence-electron chi connectivity index (χ4n) is 3.01. The SMILES string of the molecule is O=C(CCc1ccccc1)Nc1csc(-c2nc3ccccc3[nH]2)c1C(=O)O. The summed E-state index contributed by atoms with van der Waals surface area (Å²) in [4.78, 5) is 32.3. The maximum absolute atomic E-state index is 12.3. The number of H-pyrrole nitrogens is 1. The van der Waals surface area contributed by atoms with Gasteiger partial charge >= 0.3 is 5.97 Å². The van der Waals surface area contributed by atoms with Crippen LogP contribution >= 0.6 is 11.3 Å². The second kappa shape index (κ2) is 7.66. The van der Waals surface area contributed by atoms with Gasteiger partial charge in [0.15, 0.2) is 0 Å². The van der Waals surface area contributed by atoms with E-state index < -0.39 is 5.97 Å². The van der Waals surface area contributed by atoms with Gasteiger partial charge in [-0.25, -0.2) is 9.78 Å². The highest BCUT2D eigenvalue weighted by Crippen LogP contribution is 2.35. The molecule has 2 heterocycles. The van der Waals surface area contributed by atoms with Gasteiger partial charge in [0.05, 0.1) is 21.6 Å². The first-order valence-corrected chi connectivity index (χ1v) is 9.63. The van der Waals surface area contributed by atoms with Crippen LogP contribution in [0.15, 0.2) is 60.0 Å². The number of carboxylic acid groups (broad SMARTS) is 1. The molecular weight excluding hydrogens is 374 g/mol. The number of fused-ring (bicyclic) bond motifs is 1. The van der Waals surface area contributed by atoms with E-state index in [1.165, 1.54) is 11.3 Å². The van der Waals surface area contributed by atoms with Gasteiger partial charge in [-0.15, -0.1) is 11.3 Å². The van der Waals surface area contributed by atoms with Gasteiger partial charge in [-0.1, -0.05) is 42.5 Å². The predicted octanol–water partition coefficient (Wildman–Crippen LogP) is 4.56. The van der Waals surface area contributed by atoms with Crippen LogP contribution in [0.3, 0.4) is 0 Å². The lowest BCUT2D eigenvalue weighted by molar-refractivity contribution is -0.116. The van der Waals surface area contributed by atoms with Crippen molar-refractivity contribution in [3.05, 3.63) is 71.1 Å². The minimum Gasteiger partial charge on any atom is -0.478 e. The summed E-state index contributed by atoms with van der Waals surface area (Å²) < 4.78 is 0. The van der Waals surface area contributed by atoms with Crippen molar-refractivity contribution in [2.45, 2.75) is 12.8 Å². The number of hydrogen-bond acceptors (Lipinski definition) is 4. The first-order chi connectivity index (χ1) is 13.6. The molecule has 1 amide bonds. The third-order valence-corrected chi connectivity index (χ3v) is 5.35. The van der Waals surface area contributed by atoms with Crippen molar-refractivity contribution in [1.82, 2.24) is 9.97 Å². The molecule has 0 saturated heterocycles. The lowest BCUT2D eigenvalue weighted by Gasteiger charge is -2.06. The fraction of sp³-hybridized carbons (Fsp3) is 0.0952. The predicted molar refractivity (Wildman–Crippen MR) is 110 cm³/mol. The molecule has 3 N–H and O–H groups in total. The molecule has 0 aliphatic rings. The molecule has 0 aliphatic carbocycles. The van der Waals surface area contributed by atoms with Gasteiger partial charge in [-0.3, -0.25) is 4.79 Å². The minimum atomic E-state index is -1.10. The number of nitrogens with zero attached hydrogens (tertiary/aromatic N) is 1. The van der Waals surface area contributed by atoms with Crippen LogP contribution in [0.25, 0.3) is 21.7 Å². The van der Waals surface area contributed by atoms with Crippen molar-refractivity contribution in [1.29, 1.82) is 0 Å². The first-order valence-electron chi connectivity index (χ1n) is 8.75. The highest BCUT2D eigenvalue weighted by Gasteiger charge is 2.23. The van der Waals surface area contributed by atoms with E-state index in [0.29, 0.717) is 22.8 Å². The fourth-order valence-corrected chi connectivity index (χ4v) is 3.95. The van der Waals surface area contributed by atoms with Crippen LogP contribution in [0.2, 0.25) is 0 Å². The monoisotopic (exact) mass is 391 g/mol. The Morgan fingerprint density at radius 3 is 2.57 bits per heavy atom. The summed E-state index contributed by atoms with van der Waals surface area (Å²) in [7, 11) is 0. The Labute approximate surface area is 164 Å². The second-order valence-corrected chi connectivity index (χ2v) is 7.17. The van der Waals surface area contributed by atoms with Gasteiger partial charge in [0.25, 0.3) is 0 Å². The number of aromatic nitrogens is 2. The molecule has 0 unspecified atom stereocenters. The van der Waals surface area contributed by atoms with Gasteiger partial charge < -0.3 is 15.4 Å². The highest BCUT2D eigenvalue weighted by atomic mass is 32.1. The van der Waals surface area contributed by atoms with E-state index in [-0.39, 0.29) is 17.9 Å². The number of carbonyl (C=O) groups excluding carboxylic acids is 1. The Balaban J connectivity index is 1.56. The number of benzene rings is 2. The zero-order valence-corrected chi connectivity index (χ0v) is 15.6. The molecule has 0 saturated carbocycles. The summed E-state index contributed by atoms with van der Waals surface area (Å²) in [6.45, 7) is 0. The topological polar surface area (TPSA) is 95.1 Å². The molecule has 0 bridgehead atoms. The van der Waals surface area contributed by atoms with Gasteiger partial charge in [0, 0.05) is 11.8 Å². The number of aromatic carboxylic acids is 1. The summed E-state index contributed by atoms with van der Waals surface area (Å²) in [5.41, 5.74) is 3.00. The van der Waals surface area contributed by atoms with Crippen LogP contribution in [-0.2, 0) is 11.2 Å². The van der Waals surface area contributed by atoms with Crippen LogP contribution < -0.4 is 5.32 Å². The maximum Gasteiger partial charge on any atom is 0.339 e. The molecule has 28 heavy (non-hydrogen) atoms. The zero-order valence-electron chi connectivity index (χ0n) is 14.8. The summed E-state index contributed by atoms with van der Waals surface area (Å²) >= 11 is 1.24. The zero-order chi connectivity index (χ0) is 19.5. The molecule has 6 nitrogen and oxygen atoms in total. The number of amides is 1. The molecule has 4 aromatic rings. The molecular formula is C21H17N3O3S. The van der Waals surface area contributed by atoms with Crippen molar-refractivity contribution in [3.63, 3.8) is 0 Å². The van der Waals surface area contributed by atoms with Gasteiger partial charge in [0.1, 0.15) is 11.4 Å². The third-order valence-electron chi connectivity index (χ3n) is 4.37. The number of aryl methyl sites for hydroxylation is 1. The average molecular weight is 391 g/mol. The standard InChI is InChI=1S/C21H17N3O3S/c25-17(11-10-13-6-2-1-3-7-13)22-16-12-28-19(18(16)21(26)27)20-23-14-8-4-5-9-15(14)24-20/h1-9,12H,10-11H2,(H,22,25)(H,23,24)(H,26,27). The van der Waals surface area contributed by atoms with Crippen LogP contribution in [0.5, 0.6) is 0 Å². The van der Waals surface area contributed by atoms with E-state index in [1.807, 2.05) is 54.6 Å². The Bertz CT molecular complexity index is 1120. The van der Waals surface area contributed by atoms with Crippen molar-refractivity contribution < 1.29 is 14.7 Å². The molecule has 2 aromatic heterocycles. The first kappa shape index (κ1) is 17.9. The summed E-state index contributed by atoms with van der Waals surface area (Å²) in [6, 6.07) is 17.2. The largest absolute Gasteiger partial charge is 0.478 e. The number of thiophene rings is 1. The summed E-state index contributed by atoms with van der Waals surface area (Å²) in [5, 5.41) is 14.1. The molecule has 0 spiro atoms. The van der Waals surface area contributed by atoms with Gasteiger partial charge in [0.2, 0.25) is 5.91 Å². The van der Waals surface area contributed by atoms with Crippen molar-refractivity contribution >= 4 is 39.9 Å². The quantitative estimate of drug-likeness (QED) is 0.449. The molecule has 0 radical (unpaired) electrons. The Hall–Kier alpha value is -3.45. The lowest BCUT2D eigenvalue weighted by Crippen LogP contribution is -2.14. The van der Waals surface area contributed by atoms with Crippen molar-refractivity contribution in [3.8, 4) is 10.7 Å². The molecule has 7 heteroatoms. The van der Waals surface area contributed by atoms with E-state index >= 15 is 0 Å². The number of aromatic amines is 1.